The number of halogens is 1. The predicted octanol–water partition coefficient (Wildman–Crippen LogP) is 4.07. The van der Waals surface area contributed by atoms with Crippen molar-refractivity contribution in [1.82, 2.24) is 9.88 Å². The van der Waals surface area contributed by atoms with Gasteiger partial charge in [-0.2, -0.15) is 0 Å². The smallest absolute Gasteiger partial charge is 0.123 e. The van der Waals surface area contributed by atoms with Crippen molar-refractivity contribution in [3.8, 4) is 0 Å². The highest BCUT2D eigenvalue weighted by Crippen LogP contribution is 2.33. The summed E-state index contributed by atoms with van der Waals surface area (Å²) in [4.78, 5) is 0. The van der Waals surface area contributed by atoms with Crippen LogP contribution < -0.4 is 5.32 Å². The second-order valence-electron chi connectivity index (χ2n) is 6.79. The highest BCUT2D eigenvalue weighted by atomic mass is 19.1. The van der Waals surface area contributed by atoms with Crippen molar-refractivity contribution in [2.45, 2.75) is 31.9 Å². The molecule has 0 saturated heterocycles. The molecule has 1 aromatic heterocycles. The van der Waals surface area contributed by atoms with Crippen molar-refractivity contribution >= 4 is 10.9 Å². The number of nitrogens with zero attached hydrogens (tertiary/aromatic N) is 1. The number of hydrogen-bond donors (Lipinski definition) is 2. The summed E-state index contributed by atoms with van der Waals surface area (Å²) in [6.45, 7) is 4.74. The van der Waals surface area contributed by atoms with Crippen LogP contribution in [-0.4, -0.2) is 29.4 Å². The van der Waals surface area contributed by atoms with Crippen LogP contribution in [-0.2, 0) is 0 Å². The number of hydrogen-bond acceptors (Lipinski definition) is 2. The number of para-hydroxylation sites is 1. The Kier molecular flexibility index (Phi) is 5.21. The van der Waals surface area contributed by atoms with Crippen LogP contribution in [0, 0.1) is 5.82 Å². The minimum atomic E-state index is -0.678. The van der Waals surface area contributed by atoms with Gasteiger partial charge < -0.3 is 15.0 Å². The molecule has 0 saturated carbocycles. The first kappa shape index (κ1) is 17.6. The first-order valence-corrected chi connectivity index (χ1v) is 8.70. The Bertz CT molecular complexity index is 856. The van der Waals surface area contributed by atoms with E-state index < -0.39 is 6.10 Å². The van der Waals surface area contributed by atoms with Gasteiger partial charge in [-0.3, -0.25) is 0 Å². The van der Waals surface area contributed by atoms with E-state index in [1.165, 1.54) is 23.1 Å². The molecule has 0 bridgehead atoms. The molecule has 2 aromatic carbocycles. The van der Waals surface area contributed by atoms with Gasteiger partial charge in [0.05, 0.1) is 12.1 Å². The summed E-state index contributed by atoms with van der Waals surface area (Å²) in [6, 6.07) is 14.3. The Labute approximate surface area is 148 Å². The van der Waals surface area contributed by atoms with E-state index in [1.807, 2.05) is 18.2 Å². The number of aliphatic hydroxyl groups excluding tert-OH is 1. The lowest BCUT2D eigenvalue weighted by molar-refractivity contribution is 0.132. The van der Waals surface area contributed by atoms with Gasteiger partial charge in [-0.15, -0.1) is 0 Å². The molecular formula is C21H25FN2O. The van der Waals surface area contributed by atoms with E-state index in [-0.39, 0.29) is 11.9 Å². The fourth-order valence-electron chi connectivity index (χ4n) is 3.50. The number of aromatic nitrogens is 1. The SMILES string of the molecule is CNCC(O)C(c1cccc(F)c1)n1cc(C(C)C)c2ccccc21. The van der Waals surface area contributed by atoms with Crippen LogP contribution in [0.2, 0.25) is 0 Å². The normalized spacial score (nSPS) is 14.2. The standard InChI is InChI=1S/C21H25FN2O/c1-14(2)18-13-24(19-10-5-4-9-17(18)19)21(20(25)12-23-3)15-7-6-8-16(22)11-15/h4-11,13-14,20-21,23,25H,12H2,1-3H3. The Balaban J connectivity index is 2.21. The number of aliphatic hydroxyl groups is 1. The Morgan fingerprint density at radius 2 is 1.88 bits per heavy atom. The lowest BCUT2D eigenvalue weighted by atomic mass is 10.0. The number of benzene rings is 2. The monoisotopic (exact) mass is 340 g/mol. The number of likely N-dealkylation sites (N-methyl/N-ethyl adjacent to an activating group) is 1. The molecule has 2 N–H and O–H groups in total. The molecule has 4 heteroatoms. The van der Waals surface area contributed by atoms with Gasteiger partial charge in [-0.05, 0) is 42.3 Å². The van der Waals surface area contributed by atoms with Crippen LogP contribution in [0.15, 0.2) is 54.7 Å². The van der Waals surface area contributed by atoms with Gasteiger partial charge >= 0.3 is 0 Å². The molecule has 0 spiro atoms. The summed E-state index contributed by atoms with van der Waals surface area (Å²) in [5, 5.41) is 15.0. The number of nitrogens with one attached hydrogen (secondary N) is 1. The van der Waals surface area contributed by atoms with E-state index in [4.69, 9.17) is 0 Å². The summed E-state index contributed by atoms with van der Waals surface area (Å²) in [7, 11) is 1.80. The molecule has 25 heavy (non-hydrogen) atoms. The summed E-state index contributed by atoms with van der Waals surface area (Å²) < 4.78 is 15.9. The molecule has 3 rings (SSSR count). The zero-order chi connectivity index (χ0) is 18.0. The molecule has 0 radical (unpaired) electrons. The summed E-state index contributed by atoms with van der Waals surface area (Å²) in [5.74, 6) is 0.0699. The van der Waals surface area contributed by atoms with Crippen molar-refractivity contribution in [2.24, 2.45) is 0 Å². The number of fused-ring (bicyclic) bond motifs is 1. The fraction of sp³-hybridized carbons (Fsp3) is 0.333. The van der Waals surface area contributed by atoms with E-state index in [1.54, 1.807) is 13.1 Å². The van der Waals surface area contributed by atoms with Crippen LogP contribution in [0.25, 0.3) is 10.9 Å². The van der Waals surface area contributed by atoms with Crippen LogP contribution in [0.4, 0.5) is 4.39 Å². The lowest BCUT2D eigenvalue weighted by Crippen LogP contribution is -2.33. The van der Waals surface area contributed by atoms with Crippen LogP contribution in [0.1, 0.15) is 36.9 Å². The largest absolute Gasteiger partial charge is 0.389 e. The minimum Gasteiger partial charge on any atom is -0.389 e. The van der Waals surface area contributed by atoms with Crippen molar-refractivity contribution < 1.29 is 9.50 Å². The van der Waals surface area contributed by atoms with E-state index in [0.29, 0.717) is 12.5 Å². The maximum atomic E-state index is 13.8. The summed E-state index contributed by atoms with van der Waals surface area (Å²) in [6.07, 6.45) is 1.42. The Morgan fingerprint density at radius 3 is 2.56 bits per heavy atom. The second-order valence-corrected chi connectivity index (χ2v) is 6.79. The Hall–Kier alpha value is -2.17. The van der Waals surface area contributed by atoms with Gasteiger partial charge in [0.2, 0.25) is 0 Å². The minimum absolute atomic E-state index is 0.292. The van der Waals surface area contributed by atoms with Gasteiger partial charge in [-0.1, -0.05) is 44.2 Å². The molecular weight excluding hydrogens is 315 g/mol. The maximum Gasteiger partial charge on any atom is 0.123 e. The van der Waals surface area contributed by atoms with Gasteiger partial charge in [-0.25, -0.2) is 4.39 Å². The van der Waals surface area contributed by atoms with E-state index >= 15 is 0 Å². The highest BCUT2D eigenvalue weighted by molar-refractivity contribution is 5.84. The van der Waals surface area contributed by atoms with Crippen LogP contribution in [0.5, 0.6) is 0 Å². The molecule has 0 aliphatic heterocycles. The molecule has 132 valence electrons. The molecule has 0 amide bonds. The average Bonchev–Trinajstić information content (AvgIpc) is 2.95. The average molecular weight is 340 g/mol. The van der Waals surface area contributed by atoms with Crippen molar-refractivity contribution in [2.75, 3.05) is 13.6 Å². The molecule has 0 fully saturated rings. The molecule has 0 aliphatic carbocycles. The van der Waals surface area contributed by atoms with Gasteiger partial charge in [0.15, 0.2) is 0 Å². The maximum absolute atomic E-state index is 13.8. The quantitative estimate of drug-likeness (QED) is 0.710. The van der Waals surface area contributed by atoms with Gasteiger partial charge in [0.1, 0.15) is 5.82 Å². The van der Waals surface area contributed by atoms with Gasteiger partial charge in [0.25, 0.3) is 0 Å². The summed E-state index contributed by atoms with van der Waals surface area (Å²) in [5.41, 5.74) is 3.04. The van der Waals surface area contributed by atoms with E-state index in [2.05, 4.69) is 42.1 Å². The Morgan fingerprint density at radius 1 is 1.12 bits per heavy atom. The molecule has 2 unspecified atom stereocenters. The van der Waals surface area contributed by atoms with Gasteiger partial charge in [0, 0.05) is 23.6 Å². The molecule has 2 atom stereocenters. The van der Waals surface area contributed by atoms with Crippen molar-refractivity contribution in [1.29, 1.82) is 0 Å². The third kappa shape index (κ3) is 3.46. The first-order chi connectivity index (χ1) is 12.0. The second kappa shape index (κ2) is 7.38. The first-order valence-electron chi connectivity index (χ1n) is 8.70. The molecule has 3 nitrogen and oxygen atoms in total. The van der Waals surface area contributed by atoms with E-state index in [9.17, 15) is 9.50 Å². The van der Waals surface area contributed by atoms with Crippen molar-refractivity contribution in [3.63, 3.8) is 0 Å². The zero-order valence-corrected chi connectivity index (χ0v) is 14.9. The lowest BCUT2D eigenvalue weighted by Gasteiger charge is -2.26. The van der Waals surface area contributed by atoms with E-state index in [0.717, 1.165) is 11.1 Å². The summed E-state index contributed by atoms with van der Waals surface area (Å²) >= 11 is 0. The highest BCUT2D eigenvalue weighted by Gasteiger charge is 2.25. The number of rotatable bonds is 6. The molecule has 3 aromatic rings. The predicted molar refractivity (Wildman–Crippen MR) is 100 cm³/mol. The van der Waals surface area contributed by atoms with Crippen LogP contribution in [0.3, 0.4) is 0 Å². The third-order valence-corrected chi connectivity index (χ3v) is 4.66. The topological polar surface area (TPSA) is 37.2 Å². The van der Waals surface area contributed by atoms with Crippen LogP contribution >= 0.6 is 0 Å². The molecule has 0 aliphatic rings. The van der Waals surface area contributed by atoms with Crippen molar-refractivity contribution in [3.05, 3.63) is 71.7 Å². The third-order valence-electron chi connectivity index (χ3n) is 4.66. The zero-order valence-electron chi connectivity index (χ0n) is 14.9. The fourth-order valence-corrected chi connectivity index (χ4v) is 3.50. The molecule has 1 heterocycles.